The molecule has 12 heavy (non-hydrogen) atoms. The van der Waals surface area contributed by atoms with Crippen LogP contribution in [0.3, 0.4) is 0 Å². The van der Waals surface area contributed by atoms with Gasteiger partial charge in [-0.1, -0.05) is 0 Å². The van der Waals surface area contributed by atoms with Crippen molar-refractivity contribution in [2.75, 3.05) is 0 Å². The number of nitrogens with zero attached hydrogens (tertiary/aromatic N) is 1. The van der Waals surface area contributed by atoms with Crippen LogP contribution < -0.4 is 0 Å². The number of rotatable bonds is 1. The molecule has 1 rings (SSSR count). The summed E-state index contributed by atoms with van der Waals surface area (Å²) in [6.07, 6.45) is 0. The average molecular weight is 187 g/mol. The van der Waals surface area contributed by atoms with Crippen LogP contribution in [0, 0.1) is 22.9 Å². The quantitative estimate of drug-likeness (QED) is 0.416. The van der Waals surface area contributed by atoms with Crippen molar-refractivity contribution < 1.29 is 9.31 Å². The molecule has 1 aromatic rings. The predicted molar refractivity (Wildman–Crippen MR) is 45.0 cm³/mol. The summed E-state index contributed by atoms with van der Waals surface area (Å²) in [4.78, 5) is 10.0. The van der Waals surface area contributed by atoms with E-state index in [1.54, 1.807) is 0 Å². The summed E-state index contributed by atoms with van der Waals surface area (Å²) in [6, 6.07) is 2.42. The van der Waals surface area contributed by atoms with Gasteiger partial charge < -0.3 is 0 Å². The van der Waals surface area contributed by atoms with Crippen LogP contribution in [-0.2, 0) is 0 Å². The van der Waals surface area contributed by atoms with Gasteiger partial charge in [0.25, 0.3) is 0 Å². The first-order chi connectivity index (χ1) is 5.54. The standard InChI is InChI=1S/C7H6FNO2S/c1-4-6(12)3-2-5(8)7(4)9(10)11/h2-3,12H,1H3. The van der Waals surface area contributed by atoms with Gasteiger partial charge in [-0.15, -0.1) is 12.6 Å². The van der Waals surface area contributed by atoms with Crippen molar-refractivity contribution in [2.45, 2.75) is 11.8 Å². The first kappa shape index (κ1) is 8.99. The summed E-state index contributed by atoms with van der Waals surface area (Å²) >= 11 is 3.94. The molecule has 0 N–H and O–H groups in total. The van der Waals surface area contributed by atoms with Crippen LogP contribution in [0.1, 0.15) is 5.56 Å². The lowest BCUT2D eigenvalue weighted by Crippen LogP contribution is -1.96. The first-order valence-corrected chi connectivity index (χ1v) is 3.61. The highest BCUT2D eigenvalue weighted by Crippen LogP contribution is 2.26. The van der Waals surface area contributed by atoms with Gasteiger partial charge in [0.15, 0.2) is 0 Å². The fourth-order valence-corrected chi connectivity index (χ4v) is 1.06. The van der Waals surface area contributed by atoms with Crippen molar-refractivity contribution in [3.8, 4) is 0 Å². The molecule has 64 valence electrons. The lowest BCUT2D eigenvalue weighted by molar-refractivity contribution is -0.388. The molecule has 5 heteroatoms. The van der Waals surface area contributed by atoms with E-state index in [1.165, 1.54) is 13.0 Å². The highest BCUT2D eigenvalue weighted by Gasteiger charge is 2.18. The number of halogens is 1. The Morgan fingerprint density at radius 1 is 1.58 bits per heavy atom. The van der Waals surface area contributed by atoms with E-state index >= 15 is 0 Å². The third kappa shape index (κ3) is 1.40. The molecule has 0 saturated heterocycles. The van der Waals surface area contributed by atoms with Crippen molar-refractivity contribution in [3.63, 3.8) is 0 Å². The monoisotopic (exact) mass is 187 g/mol. The van der Waals surface area contributed by atoms with E-state index in [0.29, 0.717) is 4.90 Å². The van der Waals surface area contributed by atoms with Crippen molar-refractivity contribution in [2.24, 2.45) is 0 Å². The van der Waals surface area contributed by atoms with Gasteiger partial charge in [-0.25, -0.2) is 0 Å². The Morgan fingerprint density at radius 2 is 2.17 bits per heavy atom. The predicted octanol–water partition coefficient (Wildman–Crippen LogP) is 2.33. The lowest BCUT2D eigenvalue weighted by atomic mass is 10.2. The summed E-state index contributed by atoms with van der Waals surface area (Å²) in [6.45, 7) is 1.46. The maximum absolute atomic E-state index is 12.8. The van der Waals surface area contributed by atoms with Crippen LogP contribution in [0.25, 0.3) is 0 Å². The maximum Gasteiger partial charge on any atom is 0.308 e. The first-order valence-electron chi connectivity index (χ1n) is 3.16. The van der Waals surface area contributed by atoms with Gasteiger partial charge in [-0.3, -0.25) is 10.1 Å². The van der Waals surface area contributed by atoms with E-state index in [9.17, 15) is 14.5 Å². The zero-order valence-electron chi connectivity index (χ0n) is 6.24. The molecule has 0 heterocycles. The van der Waals surface area contributed by atoms with Crippen LogP contribution in [0.2, 0.25) is 0 Å². The third-order valence-electron chi connectivity index (χ3n) is 1.54. The zero-order valence-corrected chi connectivity index (χ0v) is 7.14. The molecule has 0 unspecified atom stereocenters. The molecule has 0 spiro atoms. The summed E-state index contributed by atoms with van der Waals surface area (Å²) in [5, 5.41) is 10.3. The Balaban J connectivity index is 3.43. The van der Waals surface area contributed by atoms with Crippen LogP contribution in [0.15, 0.2) is 17.0 Å². The highest BCUT2D eigenvalue weighted by atomic mass is 32.1. The summed E-state index contributed by atoms with van der Waals surface area (Å²) in [5.41, 5.74) is -0.245. The second kappa shape index (κ2) is 3.10. The molecule has 0 atom stereocenters. The summed E-state index contributed by atoms with van der Waals surface area (Å²) in [7, 11) is 0. The Hall–Kier alpha value is -1.10. The molecular formula is C7H6FNO2S. The lowest BCUT2D eigenvalue weighted by Gasteiger charge is -2.00. The Bertz CT molecular complexity index is 340. The molecule has 0 saturated carbocycles. The van der Waals surface area contributed by atoms with E-state index in [4.69, 9.17) is 0 Å². The number of nitro benzene ring substituents is 1. The molecule has 0 radical (unpaired) electrons. The molecule has 0 aliphatic carbocycles. The molecular weight excluding hydrogens is 181 g/mol. The van der Waals surface area contributed by atoms with E-state index in [0.717, 1.165) is 6.07 Å². The van der Waals surface area contributed by atoms with Gasteiger partial charge in [-0.05, 0) is 19.1 Å². The normalized spacial score (nSPS) is 9.92. The minimum Gasteiger partial charge on any atom is -0.258 e. The van der Waals surface area contributed by atoms with E-state index in [2.05, 4.69) is 12.6 Å². The maximum atomic E-state index is 12.8. The van der Waals surface area contributed by atoms with Gasteiger partial charge in [0, 0.05) is 10.5 Å². The second-order valence-electron chi connectivity index (χ2n) is 2.30. The largest absolute Gasteiger partial charge is 0.308 e. The van der Waals surface area contributed by atoms with Crippen molar-refractivity contribution >= 4 is 18.3 Å². The highest BCUT2D eigenvalue weighted by molar-refractivity contribution is 7.80. The van der Waals surface area contributed by atoms with Crippen LogP contribution in [-0.4, -0.2) is 4.92 Å². The van der Waals surface area contributed by atoms with E-state index in [-0.39, 0.29) is 5.56 Å². The van der Waals surface area contributed by atoms with Crippen molar-refractivity contribution in [3.05, 3.63) is 33.6 Å². The molecule has 3 nitrogen and oxygen atoms in total. The number of thiol groups is 1. The van der Waals surface area contributed by atoms with Crippen LogP contribution >= 0.6 is 12.6 Å². The number of hydrogen-bond acceptors (Lipinski definition) is 3. The Kier molecular flexibility index (Phi) is 2.32. The fraction of sp³-hybridized carbons (Fsp3) is 0.143. The molecule has 0 aliphatic rings. The Morgan fingerprint density at radius 3 is 2.58 bits per heavy atom. The summed E-state index contributed by atoms with van der Waals surface area (Å²) in [5.74, 6) is -0.824. The van der Waals surface area contributed by atoms with Gasteiger partial charge in [0.1, 0.15) is 0 Å². The van der Waals surface area contributed by atoms with Gasteiger partial charge in [-0.2, -0.15) is 4.39 Å². The van der Waals surface area contributed by atoms with Gasteiger partial charge in [0.05, 0.1) is 4.92 Å². The second-order valence-corrected chi connectivity index (χ2v) is 2.78. The van der Waals surface area contributed by atoms with E-state index in [1.807, 2.05) is 0 Å². The Labute approximate surface area is 73.8 Å². The molecule has 0 bridgehead atoms. The number of benzene rings is 1. The van der Waals surface area contributed by atoms with Gasteiger partial charge in [0.2, 0.25) is 5.82 Å². The smallest absolute Gasteiger partial charge is 0.258 e. The SMILES string of the molecule is Cc1c(S)ccc(F)c1[N+](=O)[O-]. The zero-order chi connectivity index (χ0) is 9.30. The fourth-order valence-electron chi connectivity index (χ4n) is 0.881. The van der Waals surface area contributed by atoms with Crippen LogP contribution in [0.4, 0.5) is 10.1 Å². The minimum atomic E-state index is -0.824. The number of nitro groups is 1. The average Bonchev–Trinajstić information content (AvgIpc) is 1.97. The van der Waals surface area contributed by atoms with Crippen molar-refractivity contribution in [1.29, 1.82) is 0 Å². The van der Waals surface area contributed by atoms with Crippen LogP contribution in [0.5, 0.6) is 0 Å². The topological polar surface area (TPSA) is 43.1 Å². The van der Waals surface area contributed by atoms with E-state index < -0.39 is 16.4 Å². The minimum absolute atomic E-state index is 0.253. The third-order valence-corrected chi connectivity index (χ3v) is 2.02. The molecule has 0 aliphatic heterocycles. The van der Waals surface area contributed by atoms with Gasteiger partial charge >= 0.3 is 5.69 Å². The molecule has 1 aromatic carbocycles. The molecule has 0 amide bonds. The summed E-state index contributed by atoms with van der Waals surface area (Å²) < 4.78 is 12.8. The number of hydrogen-bond donors (Lipinski definition) is 1. The molecule has 0 aromatic heterocycles. The molecule has 0 fully saturated rings. The van der Waals surface area contributed by atoms with Crippen molar-refractivity contribution in [1.82, 2.24) is 0 Å².